The molecule has 0 aliphatic heterocycles. The maximum Gasteiger partial charge on any atom is 0.281 e. The van der Waals surface area contributed by atoms with Crippen LogP contribution in [0.2, 0.25) is 60.3 Å². The highest BCUT2D eigenvalue weighted by Gasteiger charge is 2.24. The summed E-state index contributed by atoms with van der Waals surface area (Å²) in [6.07, 6.45) is 13.7. The Kier molecular flexibility index (Phi) is 41.7. The van der Waals surface area contributed by atoms with Crippen molar-refractivity contribution in [2.24, 2.45) is 13.0 Å². The number of benzene rings is 7. The van der Waals surface area contributed by atoms with Gasteiger partial charge in [-0.1, -0.05) is 185 Å². The third kappa shape index (κ3) is 25.5. The third-order valence-electron chi connectivity index (χ3n) is 19.6. The van der Waals surface area contributed by atoms with Gasteiger partial charge >= 0.3 is 0 Å². The number of hydrogen-bond donors (Lipinski definition) is 9. The lowest BCUT2D eigenvalue weighted by Gasteiger charge is -2.12. The molecule has 0 saturated carbocycles. The van der Waals surface area contributed by atoms with E-state index in [1.165, 1.54) is 95.0 Å². The molecule has 0 fully saturated rings. The largest absolute Gasteiger partial charge is 0.504 e. The van der Waals surface area contributed by atoms with Crippen LogP contribution >= 0.6 is 207 Å². The number of halogens is 18. The molecule has 17 rings (SSSR count). The fourth-order valence-electron chi connectivity index (χ4n) is 13.0. The molecule has 0 atom stereocenters. The summed E-state index contributed by atoms with van der Waals surface area (Å²) in [5, 5.41) is 77.1. The molecule has 10 heterocycles. The highest BCUT2D eigenvalue weighted by atomic mass is 79.9. The Morgan fingerprint density at radius 2 is 0.877 bits per heavy atom. The molecule has 0 amide bonds. The first-order valence-corrected chi connectivity index (χ1v) is 43.8. The molecule has 0 aliphatic rings. The second kappa shape index (κ2) is 50.2. The van der Waals surface area contributed by atoms with Crippen LogP contribution in [0.3, 0.4) is 0 Å². The number of pyridine rings is 2. The molecule has 9 N–H and O–H groups in total. The second-order valence-corrected chi connectivity index (χ2v) is 34.2. The first-order valence-electron chi connectivity index (χ1n) is 39.3. The smallest absolute Gasteiger partial charge is 0.281 e. The van der Waals surface area contributed by atoms with Gasteiger partial charge in [0.2, 0.25) is 0 Å². The Morgan fingerprint density at radius 3 is 1.30 bits per heavy atom. The SMILES string of the molecule is Br.Br.Br.Br.CC(C)Cn1cnc2c(O)c(Cl)cc(Cl)c2c1=O.CCCc1cnc2c(O)cccn2c1=O.CCCn1cnc2c(O)c(Cl)cc(Cl)c2c1=O.CNCc1nc2c(O)c(Cl)cc(Cl)c2c(=O)n1C.Cc1noc(C)c1Cn1cnc2c(O)c(Cl)cc(Cl)c2c1=O.O=c1c2c(Cl)cc(Cl)c(O)c2ncn1Cc1ccccn1.O=c1c2c(Cl)cc(Cl)c(O)c2ncn1Nc1ccc(F)cc1F. The Balaban J connectivity index is 0.000000219. The number of phenols is 6. The molecular weight excluding hydrogens is 2320 g/mol. The lowest BCUT2D eigenvalue weighted by atomic mass is 10.2. The number of nitrogens with one attached hydrogen (secondary N) is 2. The molecule has 0 aliphatic carbocycles. The van der Waals surface area contributed by atoms with Gasteiger partial charge in [-0.25, -0.2) is 48.3 Å². The minimum Gasteiger partial charge on any atom is -0.504 e. The average Bonchev–Trinajstić information content (AvgIpc) is 1.09. The zero-order valence-corrected chi connectivity index (χ0v) is 88.3. The van der Waals surface area contributed by atoms with Gasteiger partial charge in [0.25, 0.3) is 38.9 Å². The Hall–Kier alpha value is -10.3. The number of aryl methyl sites for hydroxylation is 4. The predicted octanol–water partition coefficient (Wildman–Crippen LogP) is 20.7. The predicted molar refractivity (Wildman–Crippen MR) is 557 cm³/mol. The van der Waals surface area contributed by atoms with E-state index in [0.717, 1.165) is 47.2 Å². The third-order valence-corrected chi connectivity index (χ3v) is 23.1. The highest BCUT2D eigenvalue weighted by molar-refractivity contribution is 8.93. The maximum atomic E-state index is 13.7. The van der Waals surface area contributed by atoms with Crippen LogP contribution in [0.25, 0.3) is 71.1 Å². The number of phenolic OH excluding ortho intramolecular Hbond substituents is 6. The number of aromatic nitrogens is 16. The molecule has 10 aromatic heterocycles. The van der Waals surface area contributed by atoms with E-state index in [-0.39, 0.29) is 286 Å². The fraction of sp³-hybridized carbons (Fsp3) is 0.195. The number of aromatic hydroxyl groups is 7. The van der Waals surface area contributed by atoms with Crippen LogP contribution in [0.1, 0.15) is 74.6 Å². The standard InChI is InChI=1S/C14H7Cl2F2N3O2.C14H11Cl2N3O3.C14H9Cl2N3O2.C12H12Cl2N2O2.C11H11Cl2N3O2.C11H10Cl2N2O2.C11H12N2O2.4BrH/c15-7-4-8(16)13(22)12-11(7)14(23)21(5-19-12)20-10-2-1-6(17)3-9(10)18;1-6-8(7(2)22-18-6)4-19-5-17-12-11(14(19)21)9(15)3-10(16)13(12)20;15-9-5-10(16)13(20)12-11(9)14(21)19(7-18-12)6-8-3-1-2-4-17-8;1-6(2)4-16-5-15-10-9(12(16)18)7(13)3-8(14)11(10)17;1-14-4-7-15-9-8(11(18)16(7)2)5(12)3-6(13)10(9)17;1-2-3-15-5-14-9-8(11(15)17)6(12)4-7(13)10(9)16;1-2-4-8-7-12-10-9(14)5-3-6-13(10)11(8)15;;;;/h1-5,20,22H;3,5,20H,4H2,1-2H3;1-5,7,20H,6H2;3,5-6,17H,4H2,1-2H3;3,14,17H,4H2,1-2H3;4-5,16H,2-3H2,1H3;3,5-7,14H,2,4H2,1H3;4*1H. The molecule has 0 spiro atoms. The van der Waals surface area contributed by atoms with Crippen molar-refractivity contribution in [2.75, 3.05) is 12.5 Å². The molecule has 730 valence electrons. The molecule has 138 heavy (non-hydrogen) atoms. The maximum absolute atomic E-state index is 13.7. The van der Waals surface area contributed by atoms with Crippen molar-refractivity contribution in [2.45, 2.75) is 93.5 Å². The minimum atomic E-state index is -0.887. The summed E-state index contributed by atoms with van der Waals surface area (Å²) >= 11 is 70.8. The van der Waals surface area contributed by atoms with Crippen molar-refractivity contribution < 1.29 is 49.0 Å². The van der Waals surface area contributed by atoms with E-state index in [2.05, 4.69) is 55.8 Å². The zero-order valence-electron chi connectivity index (χ0n) is 72.4. The molecule has 0 unspecified atom stereocenters. The molecule has 0 radical (unpaired) electrons. The summed E-state index contributed by atoms with van der Waals surface area (Å²) < 4.78 is 41.0. The first-order chi connectivity index (χ1) is 63.5. The highest BCUT2D eigenvalue weighted by Crippen LogP contribution is 2.41. The number of fused-ring (bicyclic) bond motifs is 7. The van der Waals surface area contributed by atoms with Crippen molar-refractivity contribution >= 4 is 284 Å². The number of nitrogens with zero attached hydrogens (tertiary/aromatic N) is 16. The average molecular weight is 2400 g/mol. The zero-order chi connectivity index (χ0) is 98.0. The Bertz CT molecular complexity index is 7920. The summed E-state index contributed by atoms with van der Waals surface area (Å²) in [5.74, 6) is -1.74. The molecule has 7 aromatic carbocycles. The van der Waals surface area contributed by atoms with Crippen LogP contribution in [0.5, 0.6) is 40.2 Å². The van der Waals surface area contributed by atoms with Gasteiger partial charge < -0.3 is 45.6 Å². The molecule has 17 aromatic rings. The van der Waals surface area contributed by atoms with Crippen LogP contribution in [-0.2, 0) is 46.2 Å². The second-order valence-electron chi connectivity index (χ2n) is 29.3. The lowest BCUT2D eigenvalue weighted by Crippen LogP contribution is -2.27. The van der Waals surface area contributed by atoms with E-state index in [1.54, 1.807) is 64.7 Å². The monoisotopic (exact) mass is 2390 g/mol. The van der Waals surface area contributed by atoms with Crippen molar-refractivity contribution in [1.29, 1.82) is 0 Å². The summed E-state index contributed by atoms with van der Waals surface area (Å²) in [4.78, 5) is 118. The van der Waals surface area contributed by atoms with Crippen LogP contribution in [0.15, 0.2) is 173 Å². The Morgan fingerprint density at radius 1 is 0.457 bits per heavy atom. The van der Waals surface area contributed by atoms with Gasteiger partial charge in [-0.15, -0.1) is 67.9 Å². The van der Waals surface area contributed by atoms with Gasteiger partial charge in [0, 0.05) is 55.9 Å². The normalized spacial score (nSPS) is 10.7. The van der Waals surface area contributed by atoms with Crippen molar-refractivity contribution in [1.82, 2.24) is 82.3 Å². The number of hydrogen-bond acceptors (Lipinski definition) is 26. The van der Waals surface area contributed by atoms with Crippen LogP contribution in [-0.4, -0.2) is 120 Å². The fourth-order valence-corrected chi connectivity index (χ4v) is 16.2. The van der Waals surface area contributed by atoms with Crippen LogP contribution in [0, 0.1) is 31.4 Å². The van der Waals surface area contributed by atoms with Crippen molar-refractivity contribution in [3.8, 4) is 40.2 Å². The summed E-state index contributed by atoms with van der Waals surface area (Å²) in [5.41, 5.74) is 3.65. The van der Waals surface area contributed by atoms with Gasteiger partial charge in [0.1, 0.15) is 56.8 Å². The van der Waals surface area contributed by atoms with Crippen LogP contribution in [0.4, 0.5) is 14.5 Å². The minimum absolute atomic E-state index is 0. The van der Waals surface area contributed by atoms with Crippen molar-refractivity contribution in [3.05, 3.63) is 314 Å². The van der Waals surface area contributed by atoms with E-state index in [1.807, 2.05) is 33.8 Å². The van der Waals surface area contributed by atoms with Gasteiger partial charge in [0.15, 0.2) is 51.7 Å². The number of rotatable bonds is 14. The Labute approximate surface area is 879 Å². The van der Waals surface area contributed by atoms with E-state index in [4.69, 9.17) is 144 Å². The van der Waals surface area contributed by atoms with Crippen molar-refractivity contribution in [3.63, 3.8) is 0 Å². The van der Waals surface area contributed by atoms with Gasteiger partial charge in [-0.05, 0) is 112 Å². The summed E-state index contributed by atoms with van der Waals surface area (Å²) in [6.45, 7) is 13.5. The molecule has 0 bridgehead atoms. The molecule has 51 heteroatoms. The van der Waals surface area contributed by atoms with E-state index < -0.39 is 17.2 Å². The first kappa shape index (κ1) is 115. The topological polar surface area (TPSA) is 448 Å². The van der Waals surface area contributed by atoms with Gasteiger partial charge in [-0.2, -0.15) is 0 Å². The molecule has 33 nitrogen and oxygen atoms in total. The van der Waals surface area contributed by atoms with Gasteiger partial charge in [-0.3, -0.25) is 71.2 Å². The van der Waals surface area contributed by atoms with E-state index in [0.29, 0.717) is 66.5 Å². The lowest BCUT2D eigenvalue weighted by molar-refractivity contribution is 0.392. The molecule has 0 saturated heterocycles. The molecular formula is C87H76Br4Cl12F2N18O15. The van der Waals surface area contributed by atoms with Gasteiger partial charge in [0.05, 0.1) is 155 Å². The summed E-state index contributed by atoms with van der Waals surface area (Å²) in [6, 6.07) is 19.3. The number of anilines is 1. The quantitative estimate of drug-likeness (QED) is 0.0488. The summed E-state index contributed by atoms with van der Waals surface area (Å²) in [7, 11) is 3.34. The van der Waals surface area contributed by atoms with Crippen LogP contribution < -0.4 is 49.7 Å². The van der Waals surface area contributed by atoms with E-state index >= 15 is 0 Å². The van der Waals surface area contributed by atoms with E-state index in [9.17, 15) is 78.1 Å².